The summed E-state index contributed by atoms with van der Waals surface area (Å²) in [7, 11) is 0. The molecular weight excluding hydrogens is 368 g/mol. The van der Waals surface area contributed by atoms with Crippen LogP contribution in [0, 0.1) is 0 Å². The zero-order valence-corrected chi connectivity index (χ0v) is 16.3. The van der Waals surface area contributed by atoms with E-state index in [1.165, 1.54) is 11.3 Å². The number of hydrogen-bond acceptors (Lipinski definition) is 4. The molecule has 0 aliphatic rings. The van der Waals surface area contributed by atoms with Gasteiger partial charge in [0, 0.05) is 0 Å². The number of nitrogens with one attached hydrogen (secondary N) is 1. The van der Waals surface area contributed by atoms with Gasteiger partial charge in [-0.1, -0.05) is 72.0 Å². The van der Waals surface area contributed by atoms with E-state index in [9.17, 15) is 4.79 Å². The van der Waals surface area contributed by atoms with E-state index in [0.29, 0.717) is 11.7 Å². The first-order valence-corrected chi connectivity index (χ1v) is 10.0. The van der Waals surface area contributed by atoms with Gasteiger partial charge in [-0.2, -0.15) is 0 Å². The second kappa shape index (κ2) is 8.23. The van der Waals surface area contributed by atoms with Crippen molar-refractivity contribution in [3.8, 4) is 5.75 Å². The van der Waals surface area contributed by atoms with E-state index in [1.54, 1.807) is 0 Å². The van der Waals surface area contributed by atoms with Crippen LogP contribution >= 0.6 is 11.3 Å². The molecule has 1 aromatic heterocycles. The molecule has 3 aromatic carbocycles. The molecule has 0 radical (unpaired) electrons. The Morgan fingerprint density at radius 2 is 1.64 bits per heavy atom. The molecule has 0 spiro atoms. The van der Waals surface area contributed by atoms with Crippen molar-refractivity contribution in [2.24, 2.45) is 0 Å². The fourth-order valence-electron chi connectivity index (χ4n) is 3.18. The Balaban J connectivity index is 1.63. The van der Waals surface area contributed by atoms with E-state index < -0.39 is 5.92 Å². The maximum Gasteiger partial charge on any atom is 0.238 e. The fraction of sp³-hybridized carbons (Fsp3) is 0.130. The third kappa shape index (κ3) is 3.89. The summed E-state index contributed by atoms with van der Waals surface area (Å²) in [5.41, 5.74) is 2.75. The summed E-state index contributed by atoms with van der Waals surface area (Å²) in [6.45, 7) is 2.57. The molecule has 140 valence electrons. The van der Waals surface area contributed by atoms with Crippen LogP contribution < -0.4 is 10.1 Å². The maximum atomic E-state index is 13.2. The summed E-state index contributed by atoms with van der Waals surface area (Å²) in [4.78, 5) is 17.7. The van der Waals surface area contributed by atoms with Gasteiger partial charge in [0.15, 0.2) is 5.13 Å². The number of nitrogens with zero attached hydrogens (tertiary/aromatic N) is 1. The van der Waals surface area contributed by atoms with Crippen molar-refractivity contribution in [2.75, 3.05) is 11.9 Å². The summed E-state index contributed by atoms with van der Waals surface area (Å²) in [6.07, 6.45) is 0. The van der Waals surface area contributed by atoms with E-state index in [-0.39, 0.29) is 5.91 Å². The molecule has 4 aromatic rings. The number of fused-ring (bicyclic) bond motifs is 1. The number of ether oxygens (including phenoxy) is 1. The van der Waals surface area contributed by atoms with Crippen LogP contribution in [0.5, 0.6) is 5.75 Å². The highest BCUT2D eigenvalue weighted by Gasteiger charge is 2.23. The number of thiazole rings is 1. The topological polar surface area (TPSA) is 51.2 Å². The monoisotopic (exact) mass is 388 g/mol. The minimum Gasteiger partial charge on any atom is -0.494 e. The molecule has 5 heteroatoms. The van der Waals surface area contributed by atoms with Crippen LogP contribution in [0.4, 0.5) is 5.13 Å². The van der Waals surface area contributed by atoms with Gasteiger partial charge >= 0.3 is 0 Å². The van der Waals surface area contributed by atoms with Crippen LogP contribution in [0.1, 0.15) is 24.0 Å². The molecule has 0 bridgehead atoms. The molecule has 0 aliphatic heterocycles. The van der Waals surface area contributed by atoms with Crippen molar-refractivity contribution in [3.63, 3.8) is 0 Å². The molecule has 0 atom stereocenters. The molecule has 0 unspecified atom stereocenters. The van der Waals surface area contributed by atoms with Crippen molar-refractivity contribution < 1.29 is 9.53 Å². The third-order valence-corrected chi connectivity index (χ3v) is 5.36. The first kappa shape index (κ1) is 18.2. The number of carbonyl (C=O) groups excluding carboxylic acids is 1. The Hall–Kier alpha value is -3.18. The highest BCUT2D eigenvalue weighted by molar-refractivity contribution is 7.22. The average molecular weight is 388 g/mol. The van der Waals surface area contributed by atoms with Crippen molar-refractivity contribution in [1.29, 1.82) is 0 Å². The number of rotatable bonds is 6. The zero-order chi connectivity index (χ0) is 19.3. The Bertz CT molecular complexity index is 1040. The van der Waals surface area contributed by atoms with Crippen LogP contribution in [0.15, 0.2) is 78.9 Å². The highest BCUT2D eigenvalue weighted by atomic mass is 32.1. The third-order valence-electron chi connectivity index (χ3n) is 4.43. The zero-order valence-electron chi connectivity index (χ0n) is 15.5. The lowest BCUT2D eigenvalue weighted by Gasteiger charge is -2.16. The molecule has 1 N–H and O–H groups in total. The molecule has 0 aliphatic carbocycles. The van der Waals surface area contributed by atoms with Gasteiger partial charge in [0.2, 0.25) is 5.91 Å². The van der Waals surface area contributed by atoms with Crippen molar-refractivity contribution in [1.82, 2.24) is 4.98 Å². The minimum absolute atomic E-state index is 0.0958. The average Bonchev–Trinajstić information content (AvgIpc) is 3.11. The molecule has 28 heavy (non-hydrogen) atoms. The predicted octanol–water partition coefficient (Wildman–Crippen LogP) is 5.47. The number of hydrogen-bond donors (Lipinski definition) is 1. The summed E-state index contributed by atoms with van der Waals surface area (Å²) in [6, 6.07) is 25.4. The van der Waals surface area contributed by atoms with Crippen LogP contribution in [-0.2, 0) is 4.79 Å². The van der Waals surface area contributed by atoms with Gasteiger partial charge in [0.05, 0.1) is 22.7 Å². The van der Waals surface area contributed by atoms with E-state index in [0.717, 1.165) is 27.1 Å². The molecule has 0 saturated heterocycles. The van der Waals surface area contributed by atoms with Crippen LogP contribution in [0.25, 0.3) is 10.2 Å². The van der Waals surface area contributed by atoms with Crippen LogP contribution in [0.2, 0.25) is 0 Å². The Kier molecular flexibility index (Phi) is 5.35. The van der Waals surface area contributed by atoms with E-state index in [2.05, 4.69) is 10.3 Å². The Morgan fingerprint density at radius 1 is 1.00 bits per heavy atom. The predicted molar refractivity (Wildman–Crippen MR) is 114 cm³/mol. The SMILES string of the molecule is CCOc1ccc2nc(NC(=O)C(c3ccccc3)c3ccccc3)sc2c1. The molecule has 1 heterocycles. The smallest absolute Gasteiger partial charge is 0.238 e. The lowest BCUT2D eigenvalue weighted by molar-refractivity contribution is -0.116. The van der Waals surface area contributed by atoms with Gasteiger partial charge < -0.3 is 10.1 Å². The first-order valence-electron chi connectivity index (χ1n) is 9.18. The second-order valence-electron chi connectivity index (χ2n) is 6.33. The second-order valence-corrected chi connectivity index (χ2v) is 7.36. The van der Waals surface area contributed by atoms with E-state index in [4.69, 9.17) is 4.74 Å². The van der Waals surface area contributed by atoms with E-state index >= 15 is 0 Å². The van der Waals surface area contributed by atoms with Gasteiger partial charge in [-0.05, 0) is 36.2 Å². The Labute approximate surface area is 167 Å². The quantitative estimate of drug-likeness (QED) is 0.477. The van der Waals surface area contributed by atoms with Crippen molar-refractivity contribution in [2.45, 2.75) is 12.8 Å². The van der Waals surface area contributed by atoms with Gasteiger partial charge in [-0.15, -0.1) is 0 Å². The van der Waals surface area contributed by atoms with Gasteiger partial charge in [-0.25, -0.2) is 4.98 Å². The standard InChI is InChI=1S/C23H20N2O2S/c1-2-27-18-13-14-19-20(15-18)28-23(24-19)25-22(26)21(16-9-5-3-6-10-16)17-11-7-4-8-12-17/h3-15,21H,2H2,1H3,(H,24,25,26). The van der Waals surface area contributed by atoms with Gasteiger partial charge in [0.25, 0.3) is 0 Å². The minimum atomic E-state index is -0.395. The summed E-state index contributed by atoms with van der Waals surface area (Å²) in [5.74, 6) is 0.317. The fourth-order valence-corrected chi connectivity index (χ4v) is 4.08. The molecule has 4 nitrogen and oxygen atoms in total. The Morgan fingerprint density at radius 3 is 2.25 bits per heavy atom. The number of benzene rings is 3. The summed E-state index contributed by atoms with van der Waals surface area (Å²) >= 11 is 1.45. The lowest BCUT2D eigenvalue weighted by atomic mass is 9.90. The highest BCUT2D eigenvalue weighted by Crippen LogP contribution is 2.31. The van der Waals surface area contributed by atoms with Crippen LogP contribution in [0.3, 0.4) is 0 Å². The lowest BCUT2D eigenvalue weighted by Crippen LogP contribution is -2.22. The normalized spacial score (nSPS) is 10.9. The maximum absolute atomic E-state index is 13.2. The van der Waals surface area contributed by atoms with Crippen LogP contribution in [-0.4, -0.2) is 17.5 Å². The van der Waals surface area contributed by atoms with Crippen molar-refractivity contribution in [3.05, 3.63) is 90.0 Å². The van der Waals surface area contributed by atoms with Crippen molar-refractivity contribution >= 4 is 32.6 Å². The largest absolute Gasteiger partial charge is 0.494 e. The van der Waals surface area contributed by atoms with Gasteiger partial charge in [-0.3, -0.25) is 4.79 Å². The molecule has 1 amide bonds. The molecule has 0 saturated carbocycles. The number of carbonyl (C=O) groups is 1. The first-order chi connectivity index (χ1) is 13.7. The number of amides is 1. The van der Waals surface area contributed by atoms with Gasteiger partial charge in [0.1, 0.15) is 5.75 Å². The summed E-state index contributed by atoms with van der Waals surface area (Å²) in [5, 5.41) is 3.60. The molecular formula is C23H20N2O2S. The number of aromatic nitrogens is 1. The number of anilines is 1. The van der Waals surface area contributed by atoms with E-state index in [1.807, 2.05) is 85.8 Å². The molecule has 0 fully saturated rings. The summed E-state index contributed by atoms with van der Waals surface area (Å²) < 4.78 is 6.53. The molecule has 4 rings (SSSR count).